The van der Waals surface area contributed by atoms with E-state index in [4.69, 9.17) is 16.2 Å². The Kier molecular flexibility index (Phi) is 3.74. The molecule has 1 atom stereocenters. The maximum Gasteiger partial charge on any atom is 0.234 e. The summed E-state index contributed by atoms with van der Waals surface area (Å²) < 4.78 is 5.51. The molecule has 0 aliphatic carbocycles. The third kappa shape index (κ3) is 2.95. The summed E-state index contributed by atoms with van der Waals surface area (Å²) in [4.78, 5) is 15.0. The van der Waals surface area contributed by atoms with Gasteiger partial charge in [-0.15, -0.1) is 0 Å². The van der Waals surface area contributed by atoms with Crippen molar-refractivity contribution in [1.82, 2.24) is 4.98 Å². The Hall–Kier alpha value is -2.14. The molecule has 5 heteroatoms. The molecule has 1 unspecified atom stereocenters. The van der Waals surface area contributed by atoms with Gasteiger partial charge in [0, 0.05) is 24.1 Å². The van der Waals surface area contributed by atoms with Crippen LogP contribution in [-0.4, -0.2) is 23.5 Å². The number of carbonyl (C=O) groups excluding carboxylic acids is 1. The number of pyridine rings is 1. The highest BCUT2D eigenvalue weighted by molar-refractivity contribution is 5.80. The van der Waals surface area contributed by atoms with Crippen LogP contribution < -0.4 is 16.2 Å². The van der Waals surface area contributed by atoms with Gasteiger partial charge in [-0.2, -0.15) is 0 Å². The van der Waals surface area contributed by atoms with Crippen LogP contribution in [0.5, 0.6) is 5.75 Å². The van der Waals surface area contributed by atoms with E-state index in [1.54, 1.807) is 6.20 Å². The molecule has 0 fully saturated rings. The predicted molar refractivity (Wildman–Crippen MR) is 69.0 cm³/mol. The molecule has 0 radical (unpaired) electrons. The molecule has 1 aromatic heterocycles. The first kappa shape index (κ1) is 12.3. The summed E-state index contributed by atoms with van der Waals surface area (Å²) in [5.41, 5.74) is 11.4. The van der Waals surface area contributed by atoms with E-state index < -0.39 is 11.9 Å². The van der Waals surface area contributed by atoms with E-state index in [2.05, 4.69) is 4.98 Å². The Labute approximate surface area is 105 Å². The minimum atomic E-state index is -0.663. The standard InChI is InChI=1S/C13H15N3O2/c14-11(13(15)17)5-7-18-10-4-3-9-2-1-6-16-12(9)8-10/h1-4,6,8,11H,5,7,14H2,(H2,15,17). The quantitative estimate of drug-likeness (QED) is 0.815. The van der Waals surface area contributed by atoms with Crippen LogP contribution in [0.1, 0.15) is 6.42 Å². The summed E-state index contributed by atoms with van der Waals surface area (Å²) in [5, 5.41) is 1.05. The fourth-order valence-corrected chi connectivity index (χ4v) is 1.58. The summed E-state index contributed by atoms with van der Waals surface area (Å²) >= 11 is 0. The van der Waals surface area contributed by atoms with E-state index in [9.17, 15) is 4.79 Å². The van der Waals surface area contributed by atoms with E-state index in [1.165, 1.54) is 0 Å². The van der Waals surface area contributed by atoms with Gasteiger partial charge in [-0.05, 0) is 18.2 Å². The largest absolute Gasteiger partial charge is 0.493 e. The first-order valence-electron chi connectivity index (χ1n) is 5.69. The molecule has 1 amide bonds. The molecule has 1 aromatic carbocycles. The van der Waals surface area contributed by atoms with Gasteiger partial charge in [0.1, 0.15) is 5.75 Å². The number of carbonyl (C=O) groups is 1. The number of rotatable bonds is 5. The molecule has 0 saturated carbocycles. The van der Waals surface area contributed by atoms with Crippen LogP contribution in [0.4, 0.5) is 0 Å². The van der Waals surface area contributed by atoms with E-state index in [0.717, 1.165) is 10.9 Å². The van der Waals surface area contributed by atoms with Crippen LogP contribution in [0.15, 0.2) is 36.5 Å². The van der Waals surface area contributed by atoms with Gasteiger partial charge >= 0.3 is 0 Å². The summed E-state index contributed by atoms with van der Waals surface area (Å²) in [6.07, 6.45) is 2.13. The summed E-state index contributed by atoms with van der Waals surface area (Å²) in [7, 11) is 0. The first-order valence-corrected chi connectivity index (χ1v) is 5.69. The molecular weight excluding hydrogens is 230 g/mol. The van der Waals surface area contributed by atoms with Crippen LogP contribution in [-0.2, 0) is 4.79 Å². The SMILES string of the molecule is NC(=O)C(N)CCOc1ccc2cccnc2c1. The maximum absolute atomic E-state index is 10.7. The average molecular weight is 245 g/mol. The number of benzene rings is 1. The number of nitrogens with two attached hydrogens (primary N) is 2. The zero-order valence-electron chi connectivity index (χ0n) is 9.87. The molecule has 94 valence electrons. The Balaban J connectivity index is 1.98. The Morgan fingerprint density at radius 1 is 1.39 bits per heavy atom. The van der Waals surface area contributed by atoms with Gasteiger partial charge in [0.2, 0.25) is 5.91 Å². The highest BCUT2D eigenvalue weighted by atomic mass is 16.5. The summed E-state index contributed by atoms with van der Waals surface area (Å²) in [6, 6.07) is 8.85. The lowest BCUT2D eigenvalue weighted by Gasteiger charge is -2.09. The second kappa shape index (κ2) is 5.46. The van der Waals surface area contributed by atoms with E-state index in [-0.39, 0.29) is 0 Å². The lowest BCUT2D eigenvalue weighted by Crippen LogP contribution is -2.37. The maximum atomic E-state index is 10.7. The van der Waals surface area contributed by atoms with Crippen molar-refractivity contribution in [2.24, 2.45) is 11.5 Å². The van der Waals surface area contributed by atoms with Crippen LogP contribution in [0.3, 0.4) is 0 Å². The highest BCUT2D eigenvalue weighted by Crippen LogP contribution is 2.18. The monoisotopic (exact) mass is 245 g/mol. The van der Waals surface area contributed by atoms with Gasteiger partial charge < -0.3 is 16.2 Å². The van der Waals surface area contributed by atoms with Crippen molar-refractivity contribution in [3.05, 3.63) is 36.5 Å². The molecular formula is C13H15N3O2. The van der Waals surface area contributed by atoms with Crippen molar-refractivity contribution < 1.29 is 9.53 Å². The molecule has 2 rings (SSSR count). The van der Waals surface area contributed by atoms with E-state index >= 15 is 0 Å². The topological polar surface area (TPSA) is 91.2 Å². The average Bonchev–Trinajstić information content (AvgIpc) is 2.38. The second-order valence-corrected chi connectivity index (χ2v) is 4.00. The number of primary amides is 1. The van der Waals surface area contributed by atoms with Crippen molar-refractivity contribution in [3.63, 3.8) is 0 Å². The van der Waals surface area contributed by atoms with Gasteiger partial charge in [-0.3, -0.25) is 9.78 Å². The number of hydrogen-bond acceptors (Lipinski definition) is 4. The van der Waals surface area contributed by atoms with Crippen molar-refractivity contribution in [2.45, 2.75) is 12.5 Å². The Morgan fingerprint density at radius 3 is 3.00 bits per heavy atom. The molecule has 5 nitrogen and oxygen atoms in total. The molecule has 0 aliphatic rings. The first-order chi connectivity index (χ1) is 8.66. The van der Waals surface area contributed by atoms with Crippen molar-refractivity contribution >= 4 is 16.8 Å². The van der Waals surface area contributed by atoms with Crippen LogP contribution >= 0.6 is 0 Å². The number of ether oxygens (including phenoxy) is 1. The lowest BCUT2D eigenvalue weighted by atomic mass is 10.2. The number of amides is 1. The molecule has 0 saturated heterocycles. The number of fused-ring (bicyclic) bond motifs is 1. The number of aromatic nitrogens is 1. The van der Waals surface area contributed by atoms with Crippen LogP contribution in [0, 0.1) is 0 Å². The number of hydrogen-bond donors (Lipinski definition) is 2. The zero-order valence-corrected chi connectivity index (χ0v) is 9.87. The molecule has 2 aromatic rings. The minimum Gasteiger partial charge on any atom is -0.493 e. The Morgan fingerprint density at radius 2 is 2.22 bits per heavy atom. The van der Waals surface area contributed by atoms with Crippen molar-refractivity contribution in [3.8, 4) is 5.75 Å². The van der Waals surface area contributed by atoms with Gasteiger partial charge in [0.15, 0.2) is 0 Å². The lowest BCUT2D eigenvalue weighted by molar-refractivity contribution is -0.119. The third-order valence-corrected chi connectivity index (χ3v) is 2.64. The normalized spacial score (nSPS) is 12.3. The van der Waals surface area contributed by atoms with E-state index in [0.29, 0.717) is 18.8 Å². The predicted octanol–water partition coefficient (Wildman–Crippen LogP) is 0.816. The minimum absolute atomic E-state index is 0.350. The third-order valence-electron chi connectivity index (χ3n) is 2.64. The molecule has 1 heterocycles. The molecule has 18 heavy (non-hydrogen) atoms. The molecule has 0 aliphatic heterocycles. The van der Waals surface area contributed by atoms with Crippen LogP contribution in [0.25, 0.3) is 10.9 Å². The van der Waals surface area contributed by atoms with Gasteiger partial charge in [0.25, 0.3) is 0 Å². The highest BCUT2D eigenvalue weighted by Gasteiger charge is 2.08. The smallest absolute Gasteiger partial charge is 0.234 e. The van der Waals surface area contributed by atoms with Crippen molar-refractivity contribution in [2.75, 3.05) is 6.61 Å². The summed E-state index contributed by atoms with van der Waals surface area (Å²) in [6.45, 7) is 0.350. The number of nitrogens with zero attached hydrogens (tertiary/aromatic N) is 1. The van der Waals surface area contributed by atoms with Crippen molar-refractivity contribution in [1.29, 1.82) is 0 Å². The van der Waals surface area contributed by atoms with E-state index in [1.807, 2.05) is 30.3 Å². The fourth-order valence-electron chi connectivity index (χ4n) is 1.58. The summed E-state index contributed by atoms with van der Waals surface area (Å²) in [5.74, 6) is 0.191. The Bertz CT molecular complexity index is 557. The molecule has 0 spiro atoms. The molecule has 0 bridgehead atoms. The van der Waals surface area contributed by atoms with Gasteiger partial charge in [-0.1, -0.05) is 6.07 Å². The fraction of sp³-hybridized carbons (Fsp3) is 0.231. The van der Waals surface area contributed by atoms with Gasteiger partial charge in [-0.25, -0.2) is 0 Å². The van der Waals surface area contributed by atoms with Gasteiger partial charge in [0.05, 0.1) is 18.2 Å². The zero-order chi connectivity index (χ0) is 13.0. The second-order valence-electron chi connectivity index (χ2n) is 4.00. The molecule has 4 N–H and O–H groups in total. The van der Waals surface area contributed by atoms with Crippen LogP contribution in [0.2, 0.25) is 0 Å².